The summed E-state index contributed by atoms with van der Waals surface area (Å²) in [5.41, 5.74) is 7.47. The van der Waals surface area contributed by atoms with Crippen LogP contribution in [0, 0.1) is 0 Å². The molecule has 1 heterocycles. The molecule has 1 aliphatic rings. The normalized spacial score (nSPS) is 25.0. The fourth-order valence-corrected chi connectivity index (χ4v) is 3.06. The molecule has 12 heavy (non-hydrogen) atoms. The van der Waals surface area contributed by atoms with Crippen LogP contribution in [0.4, 0.5) is 0 Å². The maximum absolute atomic E-state index is 5.95. The van der Waals surface area contributed by atoms with Crippen molar-refractivity contribution < 1.29 is 0 Å². The number of rotatable bonds is 1. The van der Waals surface area contributed by atoms with Crippen LogP contribution in [0.15, 0.2) is 11.4 Å². The molecule has 0 saturated carbocycles. The highest BCUT2D eigenvalue weighted by Gasteiger charge is 2.23. The minimum atomic E-state index is 0.318. The number of nitrogens with two attached hydrogens (primary N) is 1. The standard InChI is InChI=1S/C10H15NS/c1-7(11)8-3-2-4-10-9(8)5-6-12-10/h5-8H,2-4,11H2,1H3/t7-,8+/m0/s1. The van der Waals surface area contributed by atoms with Gasteiger partial charge in [-0.15, -0.1) is 11.3 Å². The molecule has 0 amide bonds. The van der Waals surface area contributed by atoms with E-state index in [-0.39, 0.29) is 0 Å². The maximum atomic E-state index is 5.95. The summed E-state index contributed by atoms with van der Waals surface area (Å²) in [7, 11) is 0. The molecule has 2 atom stereocenters. The second kappa shape index (κ2) is 3.19. The van der Waals surface area contributed by atoms with Crippen molar-refractivity contribution in [2.24, 2.45) is 5.73 Å². The maximum Gasteiger partial charge on any atom is 0.00806 e. The van der Waals surface area contributed by atoms with Crippen LogP contribution in [-0.2, 0) is 6.42 Å². The molecule has 0 saturated heterocycles. The van der Waals surface area contributed by atoms with E-state index in [1.54, 1.807) is 4.88 Å². The Labute approximate surface area is 77.6 Å². The van der Waals surface area contributed by atoms with E-state index in [4.69, 9.17) is 5.73 Å². The minimum Gasteiger partial charge on any atom is -0.327 e. The predicted molar refractivity (Wildman–Crippen MR) is 53.6 cm³/mol. The first kappa shape index (κ1) is 8.27. The van der Waals surface area contributed by atoms with Crippen molar-refractivity contribution in [1.82, 2.24) is 0 Å². The highest BCUT2D eigenvalue weighted by Crippen LogP contribution is 2.36. The lowest BCUT2D eigenvalue weighted by Crippen LogP contribution is -2.26. The highest BCUT2D eigenvalue weighted by atomic mass is 32.1. The van der Waals surface area contributed by atoms with Gasteiger partial charge in [0.2, 0.25) is 0 Å². The van der Waals surface area contributed by atoms with Crippen molar-refractivity contribution in [3.05, 3.63) is 21.9 Å². The molecule has 2 heteroatoms. The van der Waals surface area contributed by atoms with Gasteiger partial charge in [0.05, 0.1) is 0 Å². The average Bonchev–Trinajstić information content (AvgIpc) is 2.49. The van der Waals surface area contributed by atoms with Gasteiger partial charge in [-0.2, -0.15) is 0 Å². The molecule has 0 aliphatic heterocycles. The molecule has 1 nitrogen and oxygen atoms in total. The van der Waals surface area contributed by atoms with Gasteiger partial charge >= 0.3 is 0 Å². The Kier molecular flexibility index (Phi) is 2.20. The molecule has 0 radical (unpaired) electrons. The third-order valence-electron chi connectivity index (χ3n) is 2.73. The van der Waals surface area contributed by atoms with Crippen molar-refractivity contribution in [3.63, 3.8) is 0 Å². The molecule has 0 bridgehead atoms. The first-order valence-corrected chi connectivity index (χ1v) is 5.49. The van der Waals surface area contributed by atoms with Crippen LogP contribution in [-0.4, -0.2) is 6.04 Å². The summed E-state index contributed by atoms with van der Waals surface area (Å²) in [5.74, 6) is 0.625. The van der Waals surface area contributed by atoms with Gasteiger partial charge < -0.3 is 5.73 Å². The number of aryl methyl sites for hydroxylation is 1. The Morgan fingerprint density at radius 2 is 2.50 bits per heavy atom. The number of hydrogen-bond donors (Lipinski definition) is 1. The van der Waals surface area contributed by atoms with E-state index in [1.165, 1.54) is 24.8 Å². The SMILES string of the molecule is C[C@H](N)[C@H]1CCCc2sccc21. The molecule has 0 fully saturated rings. The van der Waals surface area contributed by atoms with E-state index in [9.17, 15) is 0 Å². The van der Waals surface area contributed by atoms with Crippen molar-refractivity contribution in [1.29, 1.82) is 0 Å². The van der Waals surface area contributed by atoms with E-state index in [1.807, 2.05) is 11.3 Å². The summed E-state index contributed by atoms with van der Waals surface area (Å²) in [6, 6.07) is 2.58. The van der Waals surface area contributed by atoms with Crippen LogP contribution < -0.4 is 5.73 Å². The van der Waals surface area contributed by atoms with Gasteiger partial charge in [0.25, 0.3) is 0 Å². The summed E-state index contributed by atoms with van der Waals surface area (Å²) in [4.78, 5) is 1.57. The molecule has 0 spiro atoms. The van der Waals surface area contributed by atoms with Gasteiger partial charge in [-0.1, -0.05) is 0 Å². The van der Waals surface area contributed by atoms with Crippen molar-refractivity contribution in [2.75, 3.05) is 0 Å². The van der Waals surface area contributed by atoms with Gasteiger partial charge in [-0.25, -0.2) is 0 Å². The van der Waals surface area contributed by atoms with Crippen LogP contribution in [0.3, 0.4) is 0 Å². The summed E-state index contributed by atoms with van der Waals surface area (Å²) in [6.07, 6.45) is 3.87. The molecule has 2 rings (SSSR count). The third kappa shape index (κ3) is 1.29. The zero-order chi connectivity index (χ0) is 8.55. The van der Waals surface area contributed by atoms with Crippen molar-refractivity contribution in [2.45, 2.75) is 38.1 Å². The second-order valence-electron chi connectivity index (χ2n) is 3.66. The van der Waals surface area contributed by atoms with Gasteiger partial charge in [0.1, 0.15) is 0 Å². The largest absolute Gasteiger partial charge is 0.327 e. The Morgan fingerprint density at radius 3 is 3.25 bits per heavy atom. The fraction of sp³-hybridized carbons (Fsp3) is 0.600. The number of fused-ring (bicyclic) bond motifs is 1. The quantitative estimate of drug-likeness (QED) is 0.708. The number of hydrogen-bond acceptors (Lipinski definition) is 2. The first-order chi connectivity index (χ1) is 5.79. The molecule has 0 aromatic carbocycles. The van der Waals surface area contributed by atoms with E-state index < -0.39 is 0 Å². The molecule has 1 aliphatic carbocycles. The van der Waals surface area contributed by atoms with E-state index >= 15 is 0 Å². The van der Waals surface area contributed by atoms with E-state index in [2.05, 4.69) is 18.4 Å². The third-order valence-corrected chi connectivity index (χ3v) is 3.73. The van der Waals surface area contributed by atoms with Gasteiger partial charge in [0, 0.05) is 10.9 Å². The zero-order valence-corrected chi connectivity index (χ0v) is 8.23. The number of thiophene rings is 1. The van der Waals surface area contributed by atoms with Gasteiger partial charge in [0.15, 0.2) is 0 Å². The topological polar surface area (TPSA) is 26.0 Å². The molecular formula is C10H15NS. The Morgan fingerprint density at radius 1 is 1.67 bits per heavy atom. The Bertz CT molecular complexity index is 265. The smallest absolute Gasteiger partial charge is 0.00806 e. The Hall–Kier alpha value is -0.340. The molecule has 1 aromatic heterocycles. The summed E-state index contributed by atoms with van der Waals surface area (Å²) in [5, 5.41) is 2.20. The van der Waals surface area contributed by atoms with Crippen LogP contribution in [0.1, 0.15) is 36.1 Å². The molecular weight excluding hydrogens is 166 g/mol. The lowest BCUT2D eigenvalue weighted by atomic mass is 9.83. The van der Waals surface area contributed by atoms with E-state index in [0.29, 0.717) is 12.0 Å². The molecule has 2 N–H and O–H groups in total. The monoisotopic (exact) mass is 181 g/mol. The lowest BCUT2D eigenvalue weighted by Gasteiger charge is -2.25. The lowest BCUT2D eigenvalue weighted by molar-refractivity contribution is 0.489. The van der Waals surface area contributed by atoms with E-state index in [0.717, 1.165) is 0 Å². The molecule has 66 valence electrons. The van der Waals surface area contributed by atoms with Crippen LogP contribution in [0.5, 0.6) is 0 Å². The average molecular weight is 181 g/mol. The zero-order valence-electron chi connectivity index (χ0n) is 7.42. The Balaban J connectivity index is 2.31. The van der Waals surface area contributed by atoms with Crippen LogP contribution in [0.2, 0.25) is 0 Å². The summed E-state index contributed by atoms with van der Waals surface area (Å²) in [6.45, 7) is 2.12. The minimum absolute atomic E-state index is 0.318. The van der Waals surface area contributed by atoms with Gasteiger partial charge in [-0.3, -0.25) is 0 Å². The summed E-state index contributed by atoms with van der Waals surface area (Å²) < 4.78 is 0. The first-order valence-electron chi connectivity index (χ1n) is 4.61. The van der Waals surface area contributed by atoms with Crippen LogP contribution in [0.25, 0.3) is 0 Å². The molecule has 1 aromatic rings. The predicted octanol–water partition coefficient (Wildman–Crippen LogP) is 2.52. The fourth-order valence-electron chi connectivity index (χ4n) is 2.07. The molecule has 0 unspecified atom stereocenters. The van der Waals surface area contributed by atoms with Crippen LogP contribution >= 0.6 is 11.3 Å². The highest BCUT2D eigenvalue weighted by molar-refractivity contribution is 7.10. The van der Waals surface area contributed by atoms with Gasteiger partial charge in [-0.05, 0) is 49.1 Å². The summed E-state index contributed by atoms with van der Waals surface area (Å²) >= 11 is 1.89. The van der Waals surface area contributed by atoms with Crippen molar-refractivity contribution >= 4 is 11.3 Å². The van der Waals surface area contributed by atoms with Crippen molar-refractivity contribution in [3.8, 4) is 0 Å². The second-order valence-corrected chi connectivity index (χ2v) is 4.66.